The minimum absolute atomic E-state index is 0.567. The van der Waals surface area contributed by atoms with Crippen LogP contribution in [0.4, 0.5) is 0 Å². The van der Waals surface area contributed by atoms with Gasteiger partial charge in [0.15, 0.2) is 0 Å². The molecule has 72 valence electrons. The van der Waals surface area contributed by atoms with Crippen molar-refractivity contribution in [2.45, 2.75) is 12.8 Å². The van der Waals surface area contributed by atoms with Crippen LogP contribution in [0.3, 0.4) is 0 Å². The maximum absolute atomic E-state index is 8.61. The van der Waals surface area contributed by atoms with E-state index in [1.807, 2.05) is 0 Å². The van der Waals surface area contributed by atoms with Crippen molar-refractivity contribution >= 4 is 6.21 Å². The molecule has 0 aromatic carbocycles. The second-order valence-electron chi connectivity index (χ2n) is 4.92. The highest BCUT2D eigenvalue weighted by Gasteiger charge is 2.46. The average Bonchev–Trinajstić information content (AvgIpc) is 2.10. The van der Waals surface area contributed by atoms with Crippen LogP contribution in [-0.2, 0) is 0 Å². The Kier molecular flexibility index (Phi) is 1.62. The van der Waals surface area contributed by atoms with Crippen molar-refractivity contribution in [2.75, 3.05) is 19.6 Å². The Bertz CT molecular complexity index is 211. The number of nitrogens with zero attached hydrogens (tertiary/aromatic N) is 2. The smallest absolute Gasteiger partial charge is 0.0473 e. The molecule has 2 atom stereocenters. The van der Waals surface area contributed by atoms with Gasteiger partial charge in [-0.25, -0.2) is 0 Å². The zero-order chi connectivity index (χ0) is 8.84. The zero-order valence-electron chi connectivity index (χ0n) is 7.76. The molecule has 4 aliphatic rings. The van der Waals surface area contributed by atoms with Gasteiger partial charge in [0, 0.05) is 31.8 Å². The molecule has 3 nitrogen and oxygen atoms in total. The van der Waals surface area contributed by atoms with Crippen LogP contribution in [0.5, 0.6) is 0 Å². The summed E-state index contributed by atoms with van der Waals surface area (Å²) in [7, 11) is 0. The standard InChI is InChI=1S/C10H16N2O/c13-11-3-10-8-1-7-2-9(10)6-12(4-7)5-8/h3,7-10,13H,1-2,4-6H2. The monoisotopic (exact) mass is 180 g/mol. The Labute approximate surface area is 78.4 Å². The summed E-state index contributed by atoms with van der Waals surface area (Å²) in [5.74, 6) is 3.07. The van der Waals surface area contributed by atoms with Gasteiger partial charge < -0.3 is 10.1 Å². The fourth-order valence-electron chi connectivity index (χ4n) is 3.77. The Hall–Kier alpha value is -0.570. The van der Waals surface area contributed by atoms with Crippen molar-refractivity contribution in [3.63, 3.8) is 0 Å². The zero-order valence-corrected chi connectivity index (χ0v) is 7.76. The number of oxime groups is 1. The van der Waals surface area contributed by atoms with E-state index in [2.05, 4.69) is 10.1 Å². The molecule has 0 aromatic rings. The van der Waals surface area contributed by atoms with E-state index in [4.69, 9.17) is 5.21 Å². The summed E-state index contributed by atoms with van der Waals surface area (Å²) in [6.07, 6.45) is 4.52. The van der Waals surface area contributed by atoms with Crippen molar-refractivity contribution in [2.24, 2.45) is 28.8 Å². The lowest BCUT2D eigenvalue weighted by atomic mass is 9.62. The SMILES string of the molecule is ON=CC1C2CC3CC1CN(C3)C2. The van der Waals surface area contributed by atoms with Gasteiger partial charge in [0.05, 0.1) is 0 Å². The fourth-order valence-corrected chi connectivity index (χ4v) is 3.77. The van der Waals surface area contributed by atoms with Gasteiger partial charge in [0.25, 0.3) is 0 Å². The fraction of sp³-hybridized carbons (Fsp3) is 0.900. The van der Waals surface area contributed by atoms with Gasteiger partial charge in [0.2, 0.25) is 0 Å². The van der Waals surface area contributed by atoms with Crippen molar-refractivity contribution in [1.82, 2.24) is 4.90 Å². The van der Waals surface area contributed by atoms with Crippen LogP contribution in [0, 0.1) is 23.7 Å². The molecule has 4 rings (SSSR count). The number of piperidine rings is 3. The molecule has 1 saturated carbocycles. The second kappa shape index (κ2) is 2.71. The second-order valence-corrected chi connectivity index (χ2v) is 4.92. The molecule has 0 spiro atoms. The third-order valence-corrected chi connectivity index (χ3v) is 4.10. The molecule has 13 heavy (non-hydrogen) atoms. The van der Waals surface area contributed by atoms with E-state index in [9.17, 15) is 0 Å². The van der Waals surface area contributed by atoms with Gasteiger partial charge in [-0.3, -0.25) is 0 Å². The molecule has 4 fully saturated rings. The molecule has 1 N–H and O–H groups in total. The van der Waals surface area contributed by atoms with Crippen molar-refractivity contribution in [3.8, 4) is 0 Å². The molecule has 0 radical (unpaired) electrons. The van der Waals surface area contributed by atoms with E-state index in [0.29, 0.717) is 5.92 Å². The highest BCUT2D eigenvalue weighted by Crippen LogP contribution is 2.46. The first-order valence-corrected chi connectivity index (χ1v) is 5.26. The van der Waals surface area contributed by atoms with Gasteiger partial charge in [-0.15, -0.1) is 5.16 Å². The first-order chi connectivity index (χ1) is 6.36. The summed E-state index contributed by atoms with van der Waals surface area (Å²) < 4.78 is 0. The summed E-state index contributed by atoms with van der Waals surface area (Å²) in [5, 5.41) is 11.8. The third kappa shape index (κ3) is 1.10. The maximum atomic E-state index is 8.61. The van der Waals surface area contributed by atoms with Crippen molar-refractivity contribution in [3.05, 3.63) is 0 Å². The maximum Gasteiger partial charge on any atom is 0.0473 e. The first-order valence-electron chi connectivity index (χ1n) is 5.26. The molecule has 3 heteroatoms. The highest BCUT2D eigenvalue weighted by molar-refractivity contribution is 5.61. The summed E-state index contributed by atoms with van der Waals surface area (Å²) in [6, 6.07) is 0. The van der Waals surface area contributed by atoms with Crippen LogP contribution in [0.2, 0.25) is 0 Å². The molecule has 4 bridgehead atoms. The van der Waals surface area contributed by atoms with Crippen LogP contribution in [0.1, 0.15) is 12.8 Å². The van der Waals surface area contributed by atoms with Crippen LogP contribution >= 0.6 is 0 Å². The molecule has 2 unspecified atom stereocenters. The van der Waals surface area contributed by atoms with Crippen LogP contribution < -0.4 is 0 Å². The number of hydrogen-bond acceptors (Lipinski definition) is 3. The van der Waals surface area contributed by atoms with Gasteiger partial charge in [0.1, 0.15) is 0 Å². The van der Waals surface area contributed by atoms with Crippen LogP contribution in [-0.4, -0.2) is 36.0 Å². The molecule has 0 amide bonds. The predicted octanol–water partition coefficient (Wildman–Crippen LogP) is 1.03. The van der Waals surface area contributed by atoms with E-state index in [-0.39, 0.29) is 0 Å². The summed E-state index contributed by atoms with van der Waals surface area (Å²) in [4.78, 5) is 2.59. The van der Waals surface area contributed by atoms with E-state index in [1.54, 1.807) is 6.21 Å². The lowest BCUT2D eigenvalue weighted by molar-refractivity contribution is -0.0396. The Balaban J connectivity index is 1.85. The van der Waals surface area contributed by atoms with E-state index >= 15 is 0 Å². The lowest BCUT2D eigenvalue weighted by Gasteiger charge is -2.54. The largest absolute Gasteiger partial charge is 0.411 e. The first kappa shape index (κ1) is 7.80. The summed E-state index contributed by atoms with van der Waals surface area (Å²) in [5.41, 5.74) is 0. The normalized spacial score (nSPS) is 53.4. The number of rotatable bonds is 1. The van der Waals surface area contributed by atoms with Gasteiger partial charge in [-0.2, -0.15) is 0 Å². The average molecular weight is 180 g/mol. The van der Waals surface area contributed by atoms with E-state index < -0.39 is 0 Å². The molecular weight excluding hydrogens is 164 g/mol. The van der Waals surface area contributed by atoms with E-state index in [1.165, 1.54) is 32.5 Å². The van der Waals surface area contributed by atoms with Gasteiger partial charge in [-0.1, -0.05) is 0 Å². The Morgan fingerprint density at radius 1 is 1.15 bits per heavy atom. The molecule has 3 heterocycles. The topological polar surface area (TPSA) is 35.8 Å². The van der Waals surface area contributed by atoms with Crippen LogP contribution in [0.25, 0.3) is 0 Å². The predicted molar refractivity (Wildman–Crippen MR) is 49.9 cm³/mol. The third-order valence-electron chi connectivity index (χ3n) is 4.10. The Morgan fingerprint density at radius 3 is 2.38 bits per heavy atom. The molecule has 0 aromatic heterocycles. The summed E-state index contributed by atoms with van der Waals surface area (Å²) >= 11 is 0. The van der Waals surface area contributed by atoms with Gasteiger partial charge >= 0.3 is 0 Å². The molecule has 3 saturated heterocycles. The Morgan fingerprint density at radius 2 is 1.85 bits per heavy atom. The molecule has 1 aliphatic carbocycles. The van der Waals surface area contributed by atoms with E-state index in [0.717, 1.165) is 17.8 Å². The molecular formula is C10H16N2O. The quantitative estimate of drug-likeness (QED) is 0.372. The lowest BCUT2D eigenvalue weighted by Crippen LogP contribution is -2.58. The highest BCUT2D eigenvalue weighted by atomic mass is 16.4. The summed E-state index contributed by atoms with van der Waals surface area (Å²) in [6.45, 7) is 3.81. The van der Waals surface area contributed by atoms with Crippen molar-refractivity contribution < 1.29 is 5.21 Å². The van der Waals surface area contributed by atoms with Crippen molar-refractivity contribution in [1.29, 1.82) is 0 Å². The minimum Gasteiger partial charge on any atom is -0.411 e. The van der Waals surface area contributed by atoms with Gasteiger partial charge in [-0.05, 0) is 30.6 Å². The minimum atomic E-state index is 0.567. The molecule has 3 aliphatic heterocycles. The van der Waals surface area contributed by atoms with Crippen LogP contribution in [0.15, 0.2) is 5.16 Å². The number of hydrogen-bond donors (Lipinski definition) is 1.